The fourth-order valence-electron chi connectivity index (χ4n) is 2.21. The highest BCUT2D eigenvalue weighted by Gasteiger charge is 2.42. The van der Waals surface area contributed by atoms with E-state index in [2.05, 4.69) is 0 Å². The highest BCUT2D eigenvalue weighted by atomic mass is 19.1. The molecule has 0 saturated heterocycles. The Bertz CT molecular complexity index is 638. The van der Waals surface area contributed by atoms with Crippen LogP contribution in [0.3, 0.4) is 0 Å². The van der Waals surface area contributed by atoms with Gasteiger partial charge in [-0.05, 0) is 17.2 Å². The molecule has 2 rings (SSSR count). The molecule has 0 bridgehead atoms. The van der Waals surface area contributed by atoms with E-state index in [9.17, 15) is 14.5 Å². The maximum Gasteiger partial charge on any atom is 0.348 e. The maximum atomic E-state index is 12.6. The molecule has 6 heteroatoms. The largest absolute Gasteiger partial charge is 0.396 e. The summed E-state index contributed by atoms with van der Waals surface area (Å²) in [7, 11) is 0. The summed E-state index contributed by atoms with van der Waals surface area (Å²) in [5.74, 6) is -0.751. The number of ether oxygens (including phenoxy) is 1. The predicted octanol–water partition coefficient (Wildman–Crippen LogP) is 3.15. The summed E-state index contributed by atoms with van der Waals surface area (Å²) in [6.45, 7) is -1.40. The SMILES string of the molecule is O=[N+]([O-])C1(OCC(CO)CF)C=CC(C=Cc2ccccc2)=CC1. The van der Waals surface area contributed by atoms with Crippen molar-refractivity contribution in [3.8, 4) is 0 Å². The molecule has 0 aromatic heterocycles. The quantitative estimate of drug-likeness (QED) is 0.451. The van der Waals surface area contributed by atoms with Crippen LogP contribution < -0.4 is 0 Å². The van der Waals surface area contributed by atoms with Crippen molar-refractivity contribution < 1.29 is 19.2 Å². The van der Waals surface area contributed by atoms with Crippen molar-refractivity contribution >= 4 is 6.08 Å². The second-order valence-corrected chi connectivity index (χ2v) is 5.60. The summed E-state index contributed by atoms with van der Waals surface area (Å²) in [6.07, 6.45) is 8.55. The number of allylic oxidation sites excluding steroid dienone is 3. The van der Waals surface area contributed by atoms with Crippen LogP contribution in [0, 0.1) is 16.0 Å². The number of nitrogens with zero attached hydrogens (tertiary/aromatic N) is 1. The number of aliphatic hydroxyl groups is 1. The molecule has 0 spiro atoms. The monoisotopic (exact) mass is 333 g/mol. The Labute approximate surface area is 139 Å². The lowest BCUT2D eigenvalue weighted by Gasteiger charge is -2.25. The molecule has 1 aromatic carbocycles. The van der Waals surface area contributed by atoms with E-state index in [4.69, 9.17) is 9.84 Å². The molecule has 0 aliphatic heterocycles. The number of halogens is 1. The summed E-state index contributed by atoms with van der Waals surface area (Å²) in [5, 5.41) is 20.3. The summed E-state index contributed by atoms with van der Waals surface area (Å²) in [6, 6.07) is 9.70. The number of aliphatic hydroxyl groups excluding tert-OH is 1. The van der Waals surface area contributed by atoms with Gasteiger partial charge < -0.3 is 9.84 Å². The Morgan fingerprint density at radius 1 is 1.38 bits per heavy atom. The van der Waals surface area contributed by atoms with E-state index in [-0.39, 0.29) is 13.0 Å². The van der Waals surface area contributed by atoms with E-state index in [1.807, 2.05) is 42.5 Å². The smallest absolute Gasteiger partial charge is 0.348 e. The first kappa shape index (κ1) is 18.0. The summed E-state index contributed by atoms with van der Waals surface area (Å²) in [5.41, 5.74) is 0.166. The zero-order valence-electron chi connectivity index (χ0n) is 13.2. The molecule has 0 saturated carbocycles. The van der Waals surface area contributed by atoms with Crippen molar-refractivity contribution in [1.29, 1.82) is 0 Å². The van der Waals surface area contributed by atoms with E-state index in [0.29, 0.717) is 0 Å². The standard InChI is InChI=1S/C18H20FNO4/c19-12-17(13-21)14-24-18(20(22)23)10-8-16(9-11-18)7-6-15-4-2-1-3-5-15/h1-10,17,21H,11-14H2. The van der Waals surface area contributed by atoms with Gasteiger partial charge in [-0.15, -0.1) is 0 Å². The number of alkyl halides is 1. The van der Waals surface area contributed by atoms with Gasteiger partial charge in [0.25, 0.3) is 0 Å². The van der Waals surface area contributed by atoms with Crippen LogP contribution in [0.2, 0.25) is 0 Å². The number of hydrogen-bond donors (Lipinski definition) is 1. The Morgan fingerprint density at radius 3 is 2.67 bits per heavy atom. The van der Waals surface area contributed by atoms with Gasteiger partial charge in [-0.25, -0.2) is 0 Å². The minimum atomic E-state index is -1.70. The lowest BCUT2D eigenvalue weighted by atomic mass is 9.99. The van der Waals surface area contributed by atoms with Crippen LogP contribution in [-0.2, 0) is 4.74 Å². The Hall–Kier alpha value is -2.31. The maximum absolute atomic E-state index is 12.6. The summed E-state index contributed by atoms with van der Waals surface area (Å²) < 4.78 is 17.9. The third-order valence-corrected chi connectivity index (χ3v) is 3.79. The molecule has 1 N–H and O–H groups in total. The van der Waals surface area contributed by atoms with Crippen molar-refractivity contribution in [2.24, 2.45) is 5.92 Å². The summed E-state index contributed by atoms with van der Waals surface area (Å²) in [4.78, 5) is 10.9. The molecule has 1 aliphatic rings. The third-order valence-electron chi connectivity index (χ3n) is 3.79. The van der Waals surface area contributed by atoms with Crippen molar-refractivity contribution in [1.82, 2.24) is 0 Å². The zero-order valence-corrected chi connectivity index (χ0v) is 13.2. The van der Waals surface area contributed by atoms with Gasteiger partial charge >= 0.3 is 5.72 Å². The topological polar surface area (TPSA) is 72.6 Å². The molecule has 0 heterocycles. The minimum absolute atomic E-state index is 0.0510. The highest BCUT2D eigenvalue weighted by Crippen LogP contribution is 2.27. The van der Waals surface area contributed by atoms with Gasteiger partial charge in [-0.3, -0.25) is 14.5 Å². The van der Waals surface area contributed by atoms with Crippen LogP contribution in [0.25, 0.3) is 6.08 Å². The van der Waals surface area contributed by atoms with Gasteiger partial charge in [0.05, 0.1) is 31.2 Å². The number of benzene rings is 1. The average Bonchev–Trinajstić information content (AvgIpc) is 2.62. The van der Waals surface area contributed by atoms with E-state index in [1.165, 1.54) is 6.08 Å². The number of rotatable bonds is 8. The molecule has 1 aromatic rings. The van der Waals surface area contributed by atoms with E-state index < -0.39 is 29.8 Å². The van der Waals surface area contributed by atoms with Crippen molar-refractivity contribution in [2.75, 3.05) is 19.9 Å². The Morgan fingerprint density at radius 2 is 2.12 bits per heavy atom. The lowest BCUT2D eigenvalue weighted by molar-refractivity contribution is -0.613. The third kappa shape index (κ3) is 4.59. The molecule has 5 nitrogen and oxygen atoms in total. The molecule has 0 fully saturated rings. The van der Waals surface area contributed by atoms with Crippen molar-refractivity contribution in [3.05, 3.63) is 75.9 Å². The number of hydrogen-bond acceptors (Lipinski definition) is 4. The van der Waals surface area contributed by atoms with Gasteiger partial charge in [-0.2, -0.15) is 0 Å². The van der Waals surface area contributed by atoms with Gasteiger partial charge in [0, 0.05) is 12.0 Å². The molecule has 0 radical (unpaired) electrons. The van der Waals surface area contributed by atoms with Crippen LogP contribution in [0.1, 0.15) is 12.0 Å². The van der Waals surface area contributed by atoms with Gasteiger partial charge in [-0.1, -0.05) is 48.6 Å². The van der Waals surface area contributed by atoms with Crippen LogP contribution in [0.5, 0.6) is 0 Å². The van der Waals surface area contributed by atoms with Crippen LogP contribution >= 0.6 is 0 Å². The first-order valence-corrected chi connectivity index (χ1v) is 7.67. The highest BCUT2D eigenvalue weighted by molar-refractivity contribution is 5.55. The Kier molecular flexibility index (Phi) is 6.40. The molecule has 0 amide bonds. The second-order valence-electron chi connectivity index (χ2n) is 5.60. The Balaban J connectivity index is 2.03. The first-order valence-electron chi connectivity index (χ1n) is 7.67. The predicted molar refractivity (Wildman–Crippen MR) is 89.5 cm³/mol. The number of nitro groups is 1. The van der Waals surface area contributed by atoms with Gasteiger partial charge in [0.2, 0.25) is 0 Å². The van der Waals surface area contributed by atoms with E-state index in [0.717, 1.165) is 11.1 Å². The van der Waals surface area contributed by atoms with E-state index >= 15 is 0 Å². The average molecular weight is 333 g/mol. The van der Waals surface area contributed by atoms with Gasteiger partial charge in [0.1, 0.15) is 0 Å². The fraction of sp³-hybridized carbons (Fsp3) is 0.333. The molecule has 24 heavy (non-hydrogen) atoms. The minimum Gasteiger partial charge on any atom is -0.396 e. The summed E-state index contributed by atoms with van der Waals surface area (Å²) >= 11 is 0. The van der Waals surface area contributed by atoms with Crippen molar-refractivity contribution in [3.63, 3.8) is 0 Å². The molecular weight excluding hydrogens is 313 g/mol. The molecule has 2 atom stereocenters. The van der Waals surface area contributed by atoms with Crippen LogP contribution in [-0.4, -0.2) is 35.6 Å². The molecular formula is C18H20FNO4. The van der Waals surface area contributed by atoms with Crippen LogP contribution in [0.15, 0.2) is 60.2 Å². The first-order chi connectivity index (χ1) is 11.6. The lowest BCUT2D eigenvalue weighted by Crippen LogP contribution is -2.41. The fourth-order valence-corrected chi connectivity index (χ4v) is 2.21. The van der Waals surface area contributed by atoms with E-state index in [1.54, 1.807) is 12.2 Å². The molecule has 128 valence electrons. The van der Waals surface area contributed by atoms with Crippen LogP contribution in [0.4, 0.5) is 4.39 Å². The molecule has 2 unspecified atom stereocenters. The normalized spacial score (nSPS) is 21.7. The van der Waals surface area contributed by atoms with Gasteiger partial charge in [0.15, 0.2) is 0 Å². The molecule has 1 aliphatic carbocycles. The zero-order chi connectivity index (χ0) is 17.4. The second kappa shape index (κ2) is 8.52. The van der Waals surface area contributed by atoms with Crippen molar-refractivity contribution in [2.45, 2.75) is 12.1 Å².